The summed E-state index contributed by atoms with van der Waals surface area (Å²) >= 11 is 3.12. The third-order valence-corrected chi connectivity index (χ3v) is 4.57. The third-order valence-electron chi connectivity index (χ3n) is 2.66. The normalized spacial score (nSPS) is 12.2. The molecule has 0 amide bonds. The fourth-order valence-electron chi connectivity index (χ4n) is 1.60. The number of hydrogen-bond donors (Lipinski definition) is 1. The Morgan fingerprint density at radius 2 is 1.59 bits per heavy atom. The van der Waals surface area contributed by atoms with Gasteiger partial charge in [-0.2, -0.15) is 13.2 Å². The fraction of sp³-hybridized carbons (Fsp3) is 0.0769. The lowest BCUT2D eigenvalue weighted by atomic mass is 10.2. The highest BCUT2D eigenvalue weighted by atomic mass is 79.9. The van der Waals surface area contributed by atoms with Gasteiger partial charge < -0.3 is 0 Å². The maximum Gasteiger partial charge on any atom is 0.416 e. The first-order valence-corrected chi connectivity index (χ1v) is 8.02. The Morgan fingerprint density at radius 1 is 1.00 bits per heavy atom. The highest BCUT2D eigenvalue weighted by Gasteiger charge is 2.31. The number of sulfonamides is 1. The van der Waals surface area contributed by atoms with Gasteiger partial charge in [-0.15, -0.1) is 0 Å². The fourth-order valence-corrected chi connectivity index (χ4v) is 2.92. The molecule has 0 spiro atoms. The predicted octanol–water partition coefficient (Wildman–Crippen LogP) is 4.41. The van der Waals surface area contributed by atoms with Crippen LogP contribution in [0.4, 0.5) is 23.2 Å². The first kappa shape index (κ1) is 16.8. The van der Waals surface area contributed by atoms with Crippen LogP contribution in [-0.2, 0) is 16.2 Å². The van der Waals surface area contributed by atoms with Gasteiger partial charge in [-0.05, 0) is 42.5 Å². The average molecular weight is 398 g/mol. The summed E-state index contributed by atoms with van der Waals surface area (Å²) in [5, 5.41) is 0. The molecule has 2 rings (SSSR count). The van der Waals surface area contributed by atoms with Gasteiger partial charge in [0.05, 0.1) is 16.1 Å². The minimum Gasteiger partial charge on any atom is -0.277 e. The predicted molar refractivity (Wildman–Crippen MR) is 76.4 cm³/mol. The Hall–Kier alpha value is -1.61. The molecule has 0 bridgehead atoms. The summed E-state index contributed by atoms with van der Waals surface area (Å²) in [6.45, 7) is 0. The molecule has 22 heavy (non-hydrogen) atoms. The minimum atomic E-state index is -4.70. The van der Waals surface area contributed by atoms with Crippen molar-refractivity contribution in [1.82, 2.24) is 0 Å². The van der Waals surface area contributed by atoms with Crippen molar-refractivity contribution in [2.24, 2.45) is 0 Å². The Morgan fingerprint density at radius 3 is 2.14 bits per heavy atom. The molecule has 0 unspecified atom stereocenters. The lowest BCUT2D eigenvalue weighted by molar-refractivity contribution is -0.137. The van der Waals surface area contributed by atoms with E-state index in [1.165, 1.54) is 24.3 Å². The molecule has 3 nitrogen and oxygen atoms in total. The first-order valence-electron chi connectivity index (χ1n) is 5.75. The molecule has 118 valence electrons. The summed E-state index contributed by atoms with van der Waals surface area (Å²) < 4.78 is 77.9. The minimum absolute atomic E-state index is 0.201. The Labute approximate surface area is 132 Å². The van der Waals surface area contributed by atoms with E-state index in [9.17, 15) is 26.0 Å². The van der Waals surface area contributed by atoms with E-state index in [1.54, 1.807) is 0 Å². The summed E-state index contributed by atoms with van der Waals surface area (Å²) in [6.07, 6.45) is -4.70. The molecule has 0 radical (unpaired) electrons. The molecule has 0 fully saturated rings. The number of alkyl halides is 3. The second kappa shape index (κ2) is 5.88. The van der Waals surface area contributed by atoms with Crippen molar-refractivity contribution in [3.05, 3.63) is 58.3 Å². The van der Waals surface area contributed by atoms with E-state index in [2.05, 4.69) is 15.9 Å². The zero-order valence-corrected chi connectivity index (χ0v) is 13.1. The van der Waals surface area contributed by atoms with Gasteiger partial charge >= 0.3 is 6.18 Å². The highest BCUT2D eigenvalue weighted by Crippen LogP contribution is 2.32. The van der Waals surface area contributed by atoms with Crippen molar-refractivity contribution < 1.29 is 26.0 Å². The maximum absolute atomic E-state index is 13.6. The lowest BCUT2D eigenvalue weighted by Crippen LogP contribution is -2.15. The molecule has 0 atom stereocenters. The van der Waals surface area contributed by atoms with Gasteiger partial charge in [0.25, 0.3) is 10.0 Å². The van der Waals surface area contributed by atoms with Gasteiger partial charge in [0.2, 0.25) is 0 Å². The van der Waals surface area contributed by atoms with Crippen LogP contribution in [0.3, 0.4) is 0 Å². The summed E-state index contributed by atoms with van der Waals surface area (Å²) in [6, 6.07) is 6.85. The van der Waals surface area contributed by atoms with Crippen LogP contribution in [-0.4, -0.2) is 8.42 Å². The van der Waals surface area contributed by atoms with Crippen molar-refractivity contribution in [1.29, 1.82) is 0 Å². The summed E-state index contributed by atoms with van der Waals surface area (Å²) in [7, 11) is -4.19. The quantitative estimate of drug-likeness (QED) is 0.779. The van der Waals surface area contributed by atoms with E-state index in [4.69, 9.17) is 0 Å². The van der Waals surface area contributed by atoms with Crippen LogP contribution in [0.2, 0.25) is 0 Å². The van der Waals surface area contributed by atoms with Gasteiger partial charge in [-0.3, -0.25) is 4.72 Å². The van der Waals surface area contributed by atoms with Crippen LogP contribution in [0.25, 0.3) is 0 Å². The molecule has 0 aliphatic carbocycles. The van der Waals surface area contributed by atoms with Crippen LogP contribution < -0.4 is 4.72 Å². The zero-order valence-electron chi connectivity index (χ0n) is 10.7. The van der Waals surface area contributed by atoms with Crippen LogP contribution in [0, 0.1) is 5.82 Å². The Bertz CT molecular complexity index is 789. The van der Waals surface area contributed by atoms with Crippen molar-refractivity contribution in [2.75, 3.05) is 4.72 Å². The van der Waals surface area contributed by atoms with Gasteiger partial charge in [0.15, 0.2) is 0 Å². The SMILES string of the molecule is O=S(=O)(Nc1cc(C(F)(F)F)ccc1F)c1ccc(Br)cc1. The number of benzene rings is 2. The van der Waals surface area contributed by atoms with Gasteiger partial charge in [0, 0.05) is 4.47 Å². The molecular formula is C13H8BrF4NO2S. The summed E-state index contributed by atoms with van der Waals surface area (Å²) in [4.78, 5) is -0.201. The Kier molecular flexibility index (Phi) is 4.48. The first-order chi connectivity index (χ1) is 10.1. The molecular weight excluding hydrogens is 390 g/mol. The number of nitrogens with one attached hydrogen (secondary N) is 1. The van der Waals surface area contributed by atoms with Gasteiger partial charge in [0.1, 0.15) is 5.82 Å². The van der Waals surface area contributed by atoms with Gasteiger partial charge in [-0.1, -0.05) is 15.9 Å². The van der Waals surface area contributed by atoms with Crippen LogP contribution in [0.15, 0.2) is 51.8 Å². The number of anilines is 1. The number of rotatable bonds is 3. The van der Waals surface area contributed by atoms with Crippen LogP contribution in [0.1, 0.15) is 5.56 Å². The molecule has 0 saturated carbocycles. The van der Waals surface area contributed by atoms with Crippen molar-refractivity contribution in [3.63, 3.8) is 0 Å². The molecule has 0 saturated heterocycles. The topological polar surface area (TPSA) is 46.2 Å². The molecule has 0 aliphatic rings. The van der Waals surface area contributed by atoms with E-state index >= 15 is 0 Å². The zero-order chi connectivity index (χ0) is 16.5. The van der Waals surface area contributed by atoms with Crippen LogP contribution >= 0.6 is 15.9 Å². The maximum atomic E-state index is 13.6. The number of hydrogen-bond acceptors (Lipinski definition) is 2. The van der Waals surface area contributed by atoms with Crippen molar-refractivity contribution in [2.45, 2.75) is 11.1 Å². The van der Waals surface area contributed by atoms with Crippen molar-refractivity contribution >= 4 is 31.6 Å². The molecule has 1 N–H and O–H groups in total. The van der Waals surface area contributed by atoms with E-state index in [0.717, 1.165) is 0 Å². The van der Waals surface area contributed by atoms with Crippen molar-refractivity contribution in [3.8, 4) is 0 Å². The highest BCUT2D eigenvalue weighted by molar-refractivity contribution is 9.10. The monoisotopic (exact) mass is 397 g/mol. The van der Waals surface area contributed by atoms with E-state index in [1.807, 2.05) is 4.72 Å². The summed E-state index contributed by atoms with van der Waals surface area (Å²) in [5.41, 5.74) is -1.92. The molecule has 9 heteroatoms. The average Bonchev–Trinajstić information content (AvgIpc) is 2.40. The Balaban J connectivity index is 2.39. The largest absolute Gasteiger partial charge is 0.416 e. The number of halogens is 5. The molecule has 2 aromatic rings. The smallest absolute Gasteiger partial charge is 0.277 e. The molecule has 0 aromatic heterocycles. The van der Waals surface area contributed by atoms with E-state index in [0.29, 0.717) is 22.7 Å². The molecule has 0 heterocycles. The summed E-state index contributed by atoms with van der Waals surface area (Å²) in [5.74, 6) is -1.10. The second-order valence-electron chi connectivity index (χ2n) is 4.25. The van der Waals surface area contributed by atoms with E-state index in [-0.39, 0.29) is 4.90 Å². The standard InChI is InChI=1S/C13H8BrF4NO2S/c14-9-2-4-10(5-3-9)22(20,21)19-12-7-8(13(16,17)18)1-6-11(12)15/h1-7,19H. The van der Waals surface area contributed by atoms with E-state index < -0.39 is 33.3 Å². The third kappa shape index (κ3) is 3.77. The lowest BCUT2D eigenvalue weighted by Gasteiger charge is -2.12. The molecule has 2 aromatic carbocycles. The molecule has 0 aliphatic heterocycles. The van der Waals surface area contributed by atoms with Crippen LogP contribution in [0.5, 0.6) is 0 Å². The second-order valence-corrected chi connectivity index (χ2v) is 6.85. The van der Waals surface area contributed by atoms with Gasteiger partial charge in [-0.25, -0.2) is 12.8 Å².